The van der Waals surface area contributed by atoms with Crippen molar-refractivity contribution in [2.24, 2.45) is 0 Å². The van der Waals surface area contributed by atoms with Crippen molar-refractivity contribution >= 4 is 16.7 Å². The van der Waals surface area contributed by atoms with Crippen LogP contribution in [0.15, 0.2) is 72.8 Å². The Labute approximate surface area is 163 Å². The number of amides is 1. The van der Waals surface area contributed by atoms with E-state index in [1.807, 2.05) is 55.5 Å². The second kappa shape index (κ2) is 7.96. The van der Waals surface area contributed by atoms with Crippen molar-refractivity contribution in [3.63, 3.8) is 0 Å². The van der Waals surface area contributed by atoms with Gasteiger partial charge in [0.2, 0.25) is 0 Å². The van der Waals surface area contributed by atoms with Crippen LogP contribution in [0, 0.1) is 0 Å². The Kier molecular flexibility index (Phi) is 5.06. The number of rotatable bonds is 6. The predicted octanol–water partition coefficient (Wildman–Crippen LogP) is 4.56. The molecule has 2 N–H and O–H groups in total. The summed E-state index contributed by atoms with van der Waals surface area (Å²) < 4.78 is 5.61. The number of hydrogen-bond donors (Lipinski definition) is 2. The van der Waals surface area contributed by atoms with E-state index in [-0.39, 0.29) is 5.91 Å². The number of aromatic nitrogens is 2. The fourth-order valence-corrected chi connectivity index (χ4v) is 3.24. The van der Waals surface area contributed by atoms with Crippen LogP contribution in [0.25, 0.3) is 22.0 Å². The quantitative estimate of drug-likeness (QED) is 0.522. The van der Waals surface area contributed by atoms with Crippen LogP contribution in [0.2, 0.25) is 0 Å². The van der Waals surface area contributed by atoms with E-state index in [2.05, 4.69) is 33.7 Å². The molecular weight excluding hydrogens is 350 g/mol. The van der Waals surface area contributed by atoms with Gasteiger partial charge in [0, 0.05) is 17.7 Å². The average Bonchev–Trinajstić information content (AvgIpc) is 3.23. The number of aromatic amines is 1. The van der Waals surface area contributed by atoms with Gasteiger partial charge < -0.3 is 10.1 Å². The molecule has 4 rings (SSSR count). The number of benzene rings is 3. The van der Waals surface area contributed by atoms with Gasteiger partial charge in [-0.25, -0.2) is 0 Å². The molecule has 0 spiro atoms. The number of carbonyl (C=O) groups excluding carboxylic acids is 1. The van der Waals surface area contributed by atoms with Gasteiger partial charge in [-0.1, -0.05) is 60.7 Å². The number of fused-ring (bicyclic) bond motifs is 1. The van der Waals surface area contributed by atoms with Crippen molar-refractivity contribution in [3.05, 3.63) is 84.1 Å². The SMILES string of the molecule is CCOc1ccccc1CNC(=O)c1cc(-c2cccc3ccccc23)n[nH]1. The van der Waals surface area contributed by atoms with Gasteiger partial charge in [-0.2, -0.15) is 5.10 Å². The van der Waals surface area contributed by atoms with E-state index in [4.69, 9.17) is 4.74 Å². The number of carbonyl (C=O) groups is 1. The second-order valence-corrected chi connectivity index (χ2v) is 6.42. The van der Waals surface area contributed by atoms with Crippen LogP contribution >= 0.6 is 0 Å². The largest absolute Gasteiger partial charge is 0.494 e. The third-order valence-electron chi connectivity index (χ3n) is 4.60. The first-order valence-corrected chi connectivity index (χ1v) is 9.28. The molecule has 28 heavy (non-hydrogen) atoms. The highest BCUT2D eigenvalue weighted by molar-refractivity contribution is 5.98. The summed E-state index contributed by atoms with van der Waals surface area (Å²) in [6, 6.07) is 23.7. The normalized spacial score (nSPS) is 10.8. The maximum Gasteiger partial charge on any atom is 0.269 e. The van der Waals surface area contributed by atoms with Gasteiger partial charge in [-0.3, -0.25) is 9.89 Å². The fourth-order valence-electron chi connectivity index (χ4n) is 3.24. The van der Waals surface area contributed by atoms with Crippen molar-refractivity contribution in [3.8, 4) is 17.0 Å². The summed E-state index contributed by atoms with van der Waals surface area (Å²) in [5.74, 6) is 0.580. The summed E-state index contributed by atoms with van der Waals surface area (Å²) in [4.78, 5) is 12.6. The van der Waals surface area contributed by atoms with E-state index >= 15 is 0 Å². The average molecular weight is 371 g/mol. The molecule has 5 nitrogen and oxygen atoms in total. The summed E-state index contributed by atoms with van der Waals surface area (Å²) in [5, 5.41) is 12.4. The second-order valence-electron chi connectivity index (χ2n) is 6.42. The van der Waals surface area contributed by atoms with Crippen LogP contribution in [0.5, 0.6) is 5.75 Å². The Balaban J connectivity index is 1.52. The summed E-state index contributed by atoms with van der Waals surface area (Å²) in [6.07, 6.45) is 0. The molecule has 1 aromatic heterocycles. The zero-order valence-electron chi connectivity index (χ0n) is 15.6. The summed E-state index contributed by atoms with van der Waals surface area (Å²) >= 11 is 0. The molecule has 0 aliphatic heterocycles. The fraction of sp³-hybridized carbons (Fsp3) is 0.130. The van der Waals surface area contributed by atoms with E-state index in [1.54, 1.807) is 6.07 Å². The van der Waals surface area contributed by atoms with Crippen molar-refractivity contribution in [1.82, 2.24) is 15.5 Å². The Bertz CT molecular complexity index is 1110. The number of para-hydroxylation sites is 1. The van der Waals surface area contributed by atoms with Gasteiger partial charge in [-0.15, -0.1) is 0 Å². The molecule has 0 radical (unpaired) electrons. The van der Waals surface area contributed by atoms with E-state index in [0.717, 1.165) is 33.3 Å². The lowest BCUT2D eigenvalue weighted by Crippen LogP contribution is -2.23. The standard InChI is InChI=1S/C23H21N3O2/c1-2-28-22-13-6-4-9-17(22)15-24-23(27)21-14-20(25-26-21)19-12-7-10-16-8-3-5-11-18(16)19/h3-14H,2,15H2,1H3,(H,24,27)(H,25,26). The molecular formula is C23H21N3O2. The van der Waals surface area contributed by atoms with Gasteiger partial charge in [0.15, 0.2) is 0 Å². The van der Waals surface area contributed by atoms with Crippen LogP contribution in [0.4, 0.5) is 0 Å². The molecule has 0 aliphatic rings. The van der Waals surface area contributed by atoms with E-state index in [1.165, 1.54) is 0 Å². The van der Waals surface area contributed by atoms with E-state index in [0.29, 0.717) is 18.8 Å². The Morgan fingerprint density at radius 1 is 1.04 bits per heavy atom. The number of ether oxygens (including phenoxy) is 1. The molecule has 0 fully saturated rings. The zero-order chi connectivity index (χ0) is 19.3. The lowest BCUT2D eigenvalue weighted by Gasteiger charge is -2.10. The third-order valence-corrected chi connectivity index (χ3v) is 4.60. The van der Waals surface area contributed by atoms with Crippen LogP contribution in [0.1, 0.15) is 23.0 Å². The highest BCUT2D eigenvalue weighted by atomic mass is 16.5. The molecule has 4 aromatic rings. The van der Waals surface area contributed by atoms with E-state index < -0.39 is 0 Å². The minimum absolute atomic E-state index is 0.203. The van der Waals surface area contributed by atoms with E-state index in [9.17, 15) is 4.79 Å². The first kappa shape index (κ1) is 17.8. The highest BCUT2D eigenvalue weighted by Crippen LogP contribution is 2.27. The number of nitrogens with zero attached hydrogens (tertiary/aromatic N) is 1. The molecule has 0 saturated carbocycles. The van der Waals surface area contributed by atoms with Crippen LogP contribution in [-0.2, 0) is 6.54 Å². The minimum atomic E-state index is -0.203. The number of hydrogen-bond acceptors (Lipinski definition) is 3. The molecule has 0 aliphatic carbocycles. The Morgan fingerprint density at radius 2 is 1.82 bits per heavy atom. The molecule has 5 heteroatoms. The molecule has 140 valence electrons. The topological polar surface area (TPSA) is 67.0 Å². The molecule has 3 aromatic carbocycles. The molecule has 0 saturated heterocycles. The minimum Gasteiger partial charge on any atom is -0.494 e. The predicted molar refractivity (Wildman–Crippen MR) is 110 cm³/mol. The third kappa shape index (κ3) is 3.60. The summed E-state index contributed by atoms with van der Waals surface area (Å²) in [6.45, 7) is 2.91. The number of H-pyrrole nitrogens is 1. The maximum atomic E-state index is 12.6. The van der Waals surface area contributed by atoms with Gasteiger partial charge in [0.25, 0.3) is 5.91 Å². The van der Waals surface area contributed by atoms with Gasteiger partial charge in [-0.05, 0) is 29.8 Å². The number of nitrogens with one attached hydrogen (secondary N) is 2. The summed E-state index contributed by atoms with van der Waals surface area (Å²) in [7, 11) is 0. The first-order chi connectivity index (χ1) is 13.8. The molecule has 0 unspecified atom stereocenters. The monoisotopic (exact) mass is 371 g/mol. The smallest absolute Gasteiger partial charge is 0.269 e. The van der Waals surface area contributed by atoms with Gasteiger partial charge >= 0.3 is 0 Å². The maximum absolute atomic E-state index is 12.6. The van der Waals surface area contributed by atoms with Crippen LogP contribution in [-0.4, -0.2) is 22.7 Å². The molecule has 1 amide bonds. The Hall–Kier alpha value is -3.60. The lowest BCUT2D eigenvalue weighted by molar-refractivity contribution is 0.0945. The molecule has 1 heterocycles. The molecule has 0 atom stereocenters. The van der Waals surface area contributed by atoms with Crippen molar-refractivity contribution in [2.75, 3.05) is 6.61 Å². The summed E-state index contributed by atoms with van der Waals surface area (Å²) in [5.41, 5.74) is 3.11. The Morgan fingerprint density at radius 3 is 2.71 bits per heavy atom. The van der Waals surface area contributed by atoms with Crippen LogP contribution < -0.4 is 10.1 Å². The first-order valence-electron chi connectivity index (χ1n) is 9.28. The highest BCUT2D eigenvalue weighted by Gasteiger charge is 2.13. The molecule has 0 bridgehead atoms. The van der Waals surface area contributed by atoms with Gasteiger partial charge in [0.1, 0.15) is 11.4 Å². The van der Waals surface area contributed by atoms with Crippen LogP contribution in [0.3, 0.4) is 0 Å². The zero-order valence-corrected chi connectivity index (χ0v) is 15.6. The van der Waals surface area contributed by atoms with Crippen molar-refractivity contribution < 1.29 is 9.53 Å². The lowest BCUT2D eigenvalue weighted by atomic mass is 10.0. The van der Waals surface area contributed by atoms with Crippen molar-refractivity contribution in [1.29, 1.82) is 0 Å². The van der Waals surface area contributed by atoms with Crippen molar-refractivity contribution in [2.45, 2.75) is 13.5 Å². The van der Waals surface area contributed by atoms with Gasteiger partial charge in [0.05, 0.1) is 12.3 Å².